The van der Waals surface area contributed by atoms with Crippen LogP contribution in [0.3, 0.4) is 0 Å². The summed E-state index contributed by atoms with van der Waals surface area (Å²) in [7, 11) is 0. The molecule has 140 valence electrons. The van der Waals surface area contributed by atoms with E-state index in [2.05, 4.69) is 0 Å². The number of nitrogens with zero attached hydrogens (tertiary/aromatic N) is 1. The monoisotopic (exact) mass is 377 g/mol. The third-order valence-electron chi connectivity index (χ3n) is 3.62. The van der Waals surface area contributed by atoms with Crippen molar-refractivity contribution >= 4 is 35.0 Å². The lowest BCUT2D eigenvalue weighted by molar-refractivity contribution is -0.150. The van der Waals surface area contributed by atoms with Crippen LogP contribution >= 0.6 is 11.8 Å². The SMILES string of the molecule is CC[C@@H](C)OC(=O)CN1C(=O)S/C(=C\c2ccc(OC(C)C)cc2)C1=O. The van der Waals surface area contributed by atoms with Gasteiger partial charge in [-0.2, -0.15) is 0 Å². The molecule has 1 aliphatic heterocycles. The van der Waals surface area contributed by atoms with Crippen molar-refractivity contribution in [1.29, 1.82) is 0 Å². The van der Waals surface area contributed by atoms with Crippen LogP contribution < -0.4 is 4.74 Å². The third-order valence-corrected chi connectivity index (χ3v) is 4.53. The molecular weight excluding hydrogens is 354 g/mol. The van der Waals surface area contributed by atoms with E-state index in [4.69, 9.17) is 9.47 Å². The summed E-state index contributed by atoms with van der Waals surface area (Å²) in [5.74, 6) is -0.334. The fourth-order valence-corrected chi connectivity index (χ4v) is 3.01. The van der Waals surface area contributed by atoms with Crippen LogP contribution in [0.25, 0.3) is 6.08 Å². The molecule has 0 radical (unpaired) electrons. The molecular formula is C19H23NO5S. The largest absolute Gasteiger partial charge is 0.491 e. The first-order valence-corrected chi connectivity index (χ1v) is 9.33. The molecule has 1 aliphatic rings. The number of carbonyl (C=O) groups excluding carboxylic acids is 3. The lowest BCUT2D eigenvalue weighted by Crippen LogP contribution is -2.35. The maximum atomic E-state index is 12.4. The van der Waals surface area contributed by atoms with Crippen LogP contribution in [-0.4, -0.2) is 40.8 Å². The van der Waals surface area contributed by atoms with Crippen LogP contribution in [0, 0.1) is 0 Å². The van der Waals surface area contributed by atoms with Gasteiger partial charge in [0, 0.05) is 0 Å². The van der Waals surface area contributed by atoms with E-state index in [-0.39, 0.29) is 23.7 Å². The van der Waals surface area contributed by atoms with Gasteiger partial charge in [0.15, 0.2) is 0 Å². The number of thioether (sulfide) groups is 1. The summed E-state index contributed by atoms with van der Waals surface area (Å²) in [5.41, 5.74) is 0.772. The number of hydrogen-bond acceptors (Lipinski definition) is 6. The summed E-state index contributed by atoms with van der Waals surface area (Å²) in [6.45, 7) is 7.16. The minimum Gasteiger partial charge on any atom is -0.491 e. The number of rotatable bonds is 7. The summed E-state index contributed by atoms with van der Waals surface area (Å²) in [5, 5.41) is -0.470. The van der Waals surface area contributed by atoms with E-state index in [0.717, 1.165) is 28.0 Å². The summed E-state index contributed by atoms with van der Waals surface area (Å²) in [4.78, 5) is 37.5. The summed E-state index contributed by atoms with van der Waals surface area (Å²) >= 11 is 0.818. The molecule has 0 spiro atoms. The van der Waals surface area contributed by atoms with Gasteiger partial charge in [0.1, 0.15) is 12.3 Å². The van der Waals surface area contributed by atoms with Gasteiger partial charge in [-0.05, 0) is 62.7 Å². The highest BCUT2D eigenvalue weighted by atomic mass is 32.2. The maximum absolute atomic E-state index is 12.4. The van der Waals surface area contributed by atoms with Crippen LogP contribution in [0.1, 0.15) is 39.7 Å². The molecule has 1 atom stereocenters. The second-order valence-electron chi connectivity index (χ2n) is 6.21. The normalized spacial score (nSPS) is 17.1. The zero-order valence-corrected chi connectivity index (χ0v) is 16.2. The van der Waals surface area contributed by atoms with Gasteiger partial charge in [0.2, 0.25) is 0 Å². The van der Waals surface area contributed by atoms with E-state index in [1.807, 2.05) is 32.9 Å². The van der Waals surface area contributed by atoms with Crippen molar-refractivity contribution in [3.05, 3.63) is 34.7 Å². The first kappa shape index (κ1) is 20.0. The second kappa shape index (κ2) is 8.89. The van der Waals surface area contributed by atoms with E-state index in [9.17, 15) is 14.4 Å². The minimum atomic E-state index is -0.585. The molecule has 0 saturated carbocycles. The Labute approximate surface area is 157 Å². The Kier molecular flexibility index (Phi) is 6.85. The number of carbonyl (C=O) groups is 3. The smallest absolute Gasteiger partial charge is 0.326 e. The highest BCUT2D eigenvalue weighted by molar-refractivity contribution is 8.18. The number of benzene rings is 1. The van der Waals surface area contributed by atoms with Crippen molar-refractivity contribution in [3.63, 3.8) is 0 Å². The van der Waals surface area contributed by atoms with Crippen molar-refractivity contribution in [2.45, 2.75) is 46.3 Å². The first-order valence-electron chi connectivity index (χ1n) is 8.51. The van der Waals surface area contributed by atoms with E-state index in [0.29, 0.717) is 6.42 Å². The lowest BCUT2D eigenvalue weighted by atomic mass is 10.2. The van der Waals surface area contributed by atoms with Crippen LogP contribution in [0.15, 0.2) is 29.2 Å². The number of ether oxygens (including phenoxy) is 2. The zero-order chi connectivity index (χ0) is 19.3. The van der Waals surface area contributed by atoms with Crippen LogP contribution in [0.2, 0.25) is 0 Å². The summed E-state index contributed by atoms with van der Waals surface area (Å²) in [6.07, 6.45) is 2.13. The molecule has 0 aliphatic carbocycles. The third kappa shape index (κ3) is 5.36. The quantitative estimate of drug-likeness (QED) is 0.531. The first-order chi connectivity index (χ1) is 12.3. The molecule has 0 bridgehead atoms. The van der Waals surface area contributed by atoms with E-state index >= 15 is 0 Å². The molecule has 2 amide bonds. The van der Waals surface area contributed by atoms with Gasteiger partial charge in [0.25, 0.3) is 11.1 Å². The van der Waals surface area contributed by atoms with Gasteiger partial charge < -0.3 is 9.47 Å². The van der Waals surface area contributed by atoms with Gasteiger partial charge in [-0.1, -0.05) is 19.1 Å². The van der Waals surface area contributed by atoms with Crippen molar-refractivity contribution in [2.24, 2.45) is 0 Å². The van der Waals surface area contributed by atoms with Gasteiger partial charge in [0.05, 0.1) is 17.1 Å². The number of hydrogen-bond donors (Lipinski definition) is 0. The molecule has 0 aromatic heterocycles. The number of imide groups is 1. The maximum Gasteiger partial charge on any atom is 0.326 e. The van der Waals surface area contributed by atoms with Crippen molar-refractivity contribution < 1.29 is 23.9 Å². The van der Waals surface area contributed by atoms with Crippen molar-refractivity contribution in [1.82, 2.24) is 4.90 Å². The van der Waals surface area contributed by atoms with Gasteiger partial charge in [-0.15, -0.1) is 0 Å². The highest BCUT2D eigenvalue weighted by Gasteiger charge is 2.36. The molecule has 1 saturated heterocycles. The van der Waals surface area contributed by atoms with Gasteiger partial charge >= 0.3 is 5.97 Å². The number of esters is 1. The molecule has 7 heteroatoms. The lowest BCUT2D eigenvalue weighted by Gasteiger charge is -2.14. The molecule has 0 N–H and O–H groups in total. The Balaban J connectivity index is 2.05. The van der Waals surface area contributed by atoms with E-state index in [1.165, 1.54) is 0 Å². The molecule has 1 heterocycles. The standard InChI is InChI=1S/C19H23NO5S/c1-5-13(4)25-17(21)11-20-18(22)16(26-19(20)23)10-14-6-8-15(9-7-14)24-12(2)3/h6-10,12-13H,5,11H2,1-4H3/b16-10-/t13-/m1/s1. The van der Waals surface area contributed by atoms with Crippen LogP contribution in [0.5, 0.6) is 5.75 Å². The Hall–Kier alpha value is -2.28. The Bertz CT molecular complexity index is 711. The van der Waals surface area contributed by atoms with Crippen LogP contribution in [0.4, 0.5) is 4.79 Å². The van der Waals surface area contributed by atoms with Gasteiger partial charge in [-0.25, -0.2) is 0 Å². The summed E-state index contributed by atoms with van der Waals surface area (Å²) in [6, 6.07) is 7.23. The molecule has 1 aromatic carbocycles. The zero-order valence-electron chi connectivity index (χ0n) is 15.4. The summed E-state index contributed by atoms with van der Waals surface area (Å²) < 4.78 is 10.7. The topological polar surface area (TPSA) is 72.9 Å². The van der Waals surface area contributed by atoms with Crippen molar-refractivity contribution in [2.75, 3.05) is 6.54 Å². The second-order valence-corrected chi connectivity index (χ2v) is 7.21. The molecule has 2 rings (SSSR count). The number of amides is 2. The van der Waals surface area contributed by atoms with Crippen LogP contribution in [-0.2, 0) is 14.3 Å². The van der Waals surface area contributed by atoms with E-state index < -0.39 is 17.1 Å². The minimum absolute atomic E-state index is 0.0764. The Morgan fingerprint density at radius 3 is 2.42 bits per heavy atom. The van der Waals surface area contributed by atoms with E-state index in [1.54, 1.807) is 25.1 Å². The Morgan fingerprint density at radius 1 is 1.19 bits per heavy atom. The fraction of sp³-hybridized carbons (Fsp3) is 0.421. The predicted octanol–water partition coefficient (Wildman–Crippen LogP) is 3.85. The predicted molar refractivity (Wildman–Crippen MR) is 101 cm³/mol. The molecule has 1 aromatic rings. The molecule has 1 fully saturated rings. The molecule has 0 unspecified atom stereocenters. The highest BCUT2D eigenvalue weighted by Crippen LogP contribution is 2.32. The average Bonchev–Trinajstić information content (AvgIpc) is 2.83. The fourth-order valence-electron chi connectivity index (χ4n) is 2.18. The van der Waals surface area contributed by atoms with Gasteiger partial charge in [-0.3, -0.25) is 19.3 Å². The molecule has 26 heavy (non-hydrogen) atoms. The van der Waals surface area contributed by atoms with Crippen molar-refractivity contribution in [3.8, 4) is 5.75 Å². The average molecular weight is 377 g/mol. The molecule has 6 nitrogen and oxygen atoms in total. The Morgan fingerprint density at radius 2 is 1.85 bits per heavy atom.